The number of benzene rings is 2. The summed E-state index contributed by atoms with van der Waals surface area (Å²) in [4.78, 5) is 11.4. The number of carbonyl (C=O) groups is 1. The summed E-state index contributed by atoms with van der Waals surface area (Å²) in [5, 5.41) is 0. The molecule has 0 aliphatic rings. The molecule has 0 bridgehead atoms. The van der Waals surface area contributed by atoms with Crippen molar-refractivity contribution in [3.63, 3.8) is 0 Å². The van der Waals surface area contributed by atoms with Crippen LogP contribution in [0.2, 0.25) is 0 Å². The van der Waals surface area contributed by atoms with E-state index in [1.54, 1.807) is 6.92 Å². The molecule has 22 heavy (non-hydrogen) atoms. The van der Waals surface area contributed by atoms with Crippen LogP contribution < -0.4 is 4.72 Å². The second kappa shape index (κ2) is 6.73. The van der Waals surface area contributed by atoms with Gasteiger partial charge < -0.3 is 0 Å². The highest BCUT2D eigenvalue weighted by molar-refractivity contribution is 9.10. The molecule has 1 atom stereocenters. The third-order valence-corrected chi connectivity index (χ3v) is 5.55. The number of nitrogens with one attached hydrogen (secondary N) is 1. The zero-order valence-corrected chi connectivity index (χ0v) is 14.6. The van der Waals surface area contributed by atoms with Gasteiger partial charge in [-0.3, -0.25) is 4.79 Å². The van der Waals surface area contributed by atoms with Gasteiger partial charge in [-0.15, -0.1) is 0 Å². The smallest absolute Gasteiger partial charge is 0.241 e. The van der Waals surface area contributed by atoms with E-state index in [0.29, 0.717) is 5.56 Å². The van der Waals surface area contributed by atoms with Crippen LogP contribution in [0.25, 0.3) is 0 Å². The molecule has 0 unspecified atom stereocenters. The molecule has 0 aliphatic carbocycles. The SMILES string of the molecule is CC(=O)c1ccc(S(=O)(=O)N[C@@H](C)c2ccccc2Br)cc1. The van der Waals surface area contributed by atoms with Crippen molar-refractivity contribution in [3.8, 4) is 0 Å². The Hall–Kier alpha value is -1.50. The van der Waals surface area contributed by atoms with Gasteiger partial charge in [0.1, 0.15) is 0 Å². The number of halogens is 1. The second-order valence-electron chi connectivity index (χ2n) is 4.95. The number of Topliss-reactive ketones (excluding diaryl/α,β-unsaturated/α-hetero) is 1. The second-order valence-corrected chi connectivity index (χ2v) is 7.51. The monoisotopic (exact) mass is 381 g/mol. The van der Waals surface area contributed by atoms with Crippen LogP contribution in [-0.2, 0) is 10.0 Å². The van der Waals surface area contributed by atoms with Gasteiger partial charge in [0.25, 0.3) is 0 Å². The topological polar surface area (TPSA) is 63.2 Å². The predicted octanol–water partition coefficient (Wildman–Crippen LogP) is 3.69. The van der Waals surface area contributed by atoms with E-state index in [0.717, 1.165) is 10.0 Å². The highest BCUT2D eigenvalue weighted by atomic mass is 79.9. The Kier molecular flexibility index (Phi) is 5.16. The molecule has 0 saturated carbocycles. The summed E-state index contributed by atoms with van der Waals surface area (Å²) in [6.07, 6.45) is 0. The number of sulfonamides is 1. The summed E-state index contributed by atoms with van der Waals surface area (Å²) in [5.74, 6) is -0.0986. The van der Waals surface area contributed by atoms with E-state index in [-0.39, 0.29) is 16.7 Å². The summed E-state index contributed by atoms with van der Waals surface area (Å²) in [7, 11) is -3.65. The van der Waals surface area contributed by atoms with Crippen LogP contribution >= 0.6 is 15.9 Å². The first-order valence-corrected chi connectivity index (χ1v) is 8.96. The lowest BCUT2D eigenvalue weighted by atomic mass is 10.1. The van der Waals surface area contributed by atoms with Gasteiger partial charge in [-0.05, 0) is 37.6 Å². The Morgan fingerprint density at radius 3 is 2.23 bits per heavy atom. The van der Waals surface area contributed by atoms with Crippen molar-refractivity contribution >= 4 is 31.7 Å². The number of ketones is 1. The van der Waals surface area contributed by atoms with Crippen LogP contribution in [0.1, 0.15) is 35.8 Å². The van der Waals surface area contributed by atoms with E-state index >= 15 is 0 Å². The van der Waals surface area contributed by atoms with Gasteiger partial charge in [0.15, 0.2) is 5.78 Å². The van der Waals surface area contributed by atoms with E-state index in [4.69, 9.17) is 0 Å². The zero-order valence-electron chi connectivity index (χ0n) is 12.2. The Morgan fingerprint density at radius 2 is 1.68 bits per heavy atom. The number of rotatable bonds is 5. The van der Waals surface area contributed by atoms with Crippen LogP contribution in [0.5, 0.6) is 0 Å². The van der Waals surface area contributed by atoms with Gasteiger partial charge in [-0.25, -0.2) is 13.1 Å². The molecule has 2 aromatic rings. The first kappa shape index (κ1) is 16.9. The largest absolute Gasteiger partial charge is 0.295 e. The molecule has 0 amide bonds. The van der Waals surface area contributed by atoms with Crippen molar-refractivity contribution in [2.75, 3.05) is 0 Å². The Morgan fingerprint density at radius 1 is 1.09 bits per heavy atom. The Balaban J connectivity index is 2.24. The van der Waals surface area contributed by atoms with Crippen molar-refractivity contribution in [3.05, 3.63) is 64.1 Å². The standard InChI is InChI=1S/C16H16BrNO3S/c1-11(15-5-3-4-6-16(15)17)18-22(20,21)14-9-7-13(8-10-14)12(2)19/h3-11,18H,1-2H3/t11-/m0/s1. The van der Waals surface area contributed by atoms with Gasteiger partial charge in [0, 0.05) is 16.1 Å². The predicted molar refractivity (Wildman–Crippen MR) is 89.3 cm³/mol. The third kappa shape index (κ3) is 3.82. The minimum Gasteiger partial charge on any atom is -0.295 e. The lowest BCUT2D eigenvalue weighted by Gasteiger charge is -2.16. The van der Waals surface area contributed by atoms with Crippen molar-refractivity contribution in [2.45, 2.75) is 24.8 Å². The van der Waals surface area contributed by atoms with Crippen LogP contribution in [0.3, 0.4) is 0 Å². The minimum absolute atomic E-state index is 0.0986. The van der Waals surface area contributed by atoms with E-state index in [1.807, 2.05) is 24.3 Å². The molecule has 0 radical (unpaired) electrons. The fraction of sp³-hybridized carbons (Fsp3) is 0.188. The average molecular weight is 382 g/mol. The molecule has 4 nitrogen and oxygen atoms in total. The molecular weight excluding hydrogens is 366 g/mol. The maximum absolute atomic E-state index is 12.4. The highest BCUT2D eigenvalue weighted by Crippen LogP contribution is 2.24. The van der Waals surface area contributed by atoms with Crippen molar-refractivity contribution < 1.29 is 13.2 Å². The van der Waals surface area contributed by atoms with E-state index < -0.39 is 10.0 Å². The fourth-order valence-electron chi connectivity index (χ4n) is 2.06. The number of hydrogen-bond acceptors (Lipinski definition) is 3. The zero-order chi connectivity index (χ0) is 16.3. The molecule has 1 N–H and O–H groups in total. The van der Waals surface area contributed by atoms with Crippen molar-refractivity contribution in [1.82, 2.24) is 4.72 Å². The first-order chi connectivity index (χ1) is 10.3. The third-order valence-electron chi connectivity index (χ3n) is 3.27. The first-order valence-electron chi connectivity index (χ1n) is 6.69. The quantitative estimate of drug-likeness (QED) is 0.803. The normalized spacial score (nSPS) is 12.9. The van der Waals surface area contributed by atoms with Gasteiger partial charge in [-0.1, -0.05) is 46.3 Å². The van der Waals surface area contributed by atoms with Crippen LogP contribution in [0, 0.1) is 0 Å². The molecule has 116 valence electrons. The molecule has 0 heterocycles. The van der Waals surface area contributed by atoms with Gasteiger partial charge in [-0.2, -0.15) is 0 Å². The van der Waals surface area contributed by atoms with E-state index in [1.165, 1.54) is 31.2 Å². The maximum atomic E-state index is 12.4. The molecule has 2 rings (SSSR count). The lowest BCUT2D eigenvalue weighted by Crippen LogP contribution is -2.27. The summed E-state index contributed by atoms with van der Waals surface area (Å²) < 4.78 is 28.3. The Bertz CT molecular complexity index is 785. The molecule has 0 aromatic heterocycles. The van der Waals surface area contributed by atoms with E-state index in [2.05, 4.69) is 20.7 Å². The maximum Gasteiger partial charge on any atom is 0.241 e. The number of carbonyl (C=O) groups excluding carboxylic acids is 1. The van der Waals surface area contributed by atoms with Crippen LogP contribution in [0.4, 0.5) is 0 Å². The van der Waals surface area contributed by atoms with Gasteiger partial charge in [0.2, 0.25) is 10.0 Å². The van der Waals surface area contributed by atoms with Crippen molar-refractivity contribution in [1.29, 1.82) is 0 Å². The Labute approximate surface area is 138 Å². The molecule has 0 aliphatic heterocycles. The molecular formula is C16H16BrNO3S. The van der Waals surface area contributed by atoms with Gasteiger partial charge >= 0.3 is 0 Å². The van der Waals surface area contributed by atoms with Gasteiger partial charge in [0.05, 0.1) is 4.90 Å². The number of hydrogen-bond donors (Lipinski definition) is 1. The molecule has 6 heteroatoms. The summed E-state index contributed by atoms with van der Waals surface area (Å²) in [5.41, 5.74) is 1.34. The summed E-state index contributed by atoms with van der Waals surface area (Å²) in [6.45, 7) is 3.22. The molecule has 0 fully saturated rings. The van der Waals surface area contributed by atoms with Crippen LogP contribution in [0.15, 0.2) is 57.9 Å². The lowest BCUT2D eigenvalue weighted by molar-refractivity contribution is 0.101. The molecule has 2 aromatic carbocycles. The summed E-state index contributed by atoms with van der Waals surface area (Å²) in [6, 6.07) is 13.0. The highest BCUT2D eigenvalue weighted by Gasteiger charge is 2.19. The fourth-order valence-corrected chi connectivity index (χ4v) is 3.91. The summed E-state index contributed by atoms with van der Waals surface area (Å²) >= 11 is 3.41. The van der Waals surface area contributed by atoms with Crippen LogP contribution in [-0.4, -0.2) is 14.2 Å². The molecule has 0 spiro atoms. The average Bonchev–Trinajstić information content (AvgIpc) is 2.47. The van der Waals surface area contributed by atoms with E-state index in [9.17, 15) is 13.2 Å². The molecule has 0 saturated heterocycles. The van der Waals surface area contributed by atoms with Crippen molar-refractivity contribution in [2.24, 2.45) is 0 Å². The minimum atomic E-state index is -3.65.